The van der Waals surface area contributed by atoms with Crippen LogP contribution in [0.4, 0.5) is 5.95 Å². The van der Waals surface area contributed by atoms with Crippen molar-refractivity contribution in [3.8, 4) is 0 Å². The van der Waals surface area contributed by atoms with Crippen LogP contribution < -0.4 is 5.32 Å². The summed E-state index contributed by atoms with van der Waals surface area (Å²) >= 11 is 5.66. The maximum atomic E-state index is 12.0. The number of hydrogen-bond acceptors (Lipinski definition) is 5. The highest BCUT2D eigenvalue weighted by molar-refractivity contribution is 6.30. The van der Waals surface area contributed by atoms with E-state index in [1.165, 1.54) is 17.3 Å². The van der Waals surface area contributed by atoms with Crippen molar-refractivity contribution in [2.45, 2.75) is 32.4 Å². The molecule has 1 atom stereocenters. The summed E-state index contributed by atoms with van der Waals surface area (Å²) in [6, 6.07) is -0.732. The van der Waals surface area contributed by atoms with Gasteiger partial charge < -0.3 is 5.32 Å². The molecule has 0 aromatic carbocycles. The third-order valence-electron chi connectivity index (χ3n) is 2.62. The van der Waals surface area contributed by atoms with Crippen molar-refractivity contribution >= 4 is 29.4 Å². The number of imide groups is 1. The molecule has 96 valence electrons. The van der Waals surface area contributed by atoms with Crippen LogP contribution in [0.3, 0.4) is 0 Å². The molecule has 0 unspecified atom stereocenters. The maximum Gasteiger partial charge on any atom is 0.252 e. The van der Waals surface area contributed by atoms with Crippen LogP contribution in [0, 0.1) is 0 Å². The smallest absolute Gasteiger partial charge is 0.252 e. The second kappa shape index (κ2) is 4.89. The number of hydrogen-bond donors (Lipinski definition) is 1. The van der Waals surface area contributed by atoms with Gasteiger partial charge in [0.1, 0.15) is 6.04 Å². The van der Waals surface area contributed by atoms with Crippen LogP contribution in [0.15, 0.2) is 12.4 Å². The Balaban J connectivity index is 2.10. The van der Waals surface area contributed by atoms with E-state index in [2.05, 4.69) is 15.3 Å². The quantitative estimate of drug-likeness (QED) is 0.830. The first-order valence-electron chi connectivity index (χ1n) is 5.59. The zero-order chi connectivity index (χ0) is 13.3. The van der Waals surface area contributed by atoms with Gasteiger partial charge in [-0.2, -0.15) is 0 Å². The second-order valence-electron chi connectivity index (χ2n) is 4.32. The van der Waals surface area contributed by atoms with E-state index in [1.54, 1.807) is 13.8 Å². The molecule has 1 fully saturated rings. The molecular formula is C11H13ClN4O2. The van der Waals surface area contributed by atoms with Crippen LogP contribution in [-0.4, -0.2) is 38.8 Å². The molecule has 1 aliphatic rings. The molecule has 0 radical (unpaired) electrons. The molecule has 2 amide bonds. The molecule has 2 heterocycles. The molecule has 1 saturated heterocycles. The third kappa shape index (κ3) is 2.43. The highest BCUT2D eigenvalue weighted by Gasteiger charge is 2.40. The molecular weight excluding hydrogens is 256 g/mol. The summed E-state index contributed by atoms with van der Waals surface area (Å²) < 4.78 is 0. The number of nitrogens with one attached hydrogen (secondary N) is 1. The molecule has 0 aliphatic carbocycles. The van der Waals surface area contributed by atoms with Crippen LogP contribution in [-0.2, 0) is 9.59 Å². The second-order valence-corrected chi connectivity index (χ2v) is 4.76. The summed E-state index contributed by atoms with van der Waals surface area (Å²) in [5, 5.41) is 3.26. The zero-order valence-electron chi connectivity index (χ0n) is 10.1. The summed E-state index contributed by atoms with van der Waals surface area (Å²) in [6.07, 6.45) is 2.99. The molecule has 1 aliphatic heterocycles. The van der Waals surface area contributed by atoms with Gasteiger partial charge in [-0.25, -0.2) is 9.97 Å². The van der Waals surface area contributed by atoms with E-state index in [0.29, 0.717) is 5.02 Å². The Morgan fingerprint density at radius 2 is 2.00 bits per heavy atom. The van der Waals surface area contributed by atoms with Gasteiger partial charge in [0, 0.05) is 6.04 Å². The highest BCUT2D eigenvalue weighted by atomic mass is 35.5. The van der Waals surface area contributed by atoms with Gasteiger partial charge in [0.05, 0.1) is 23.8 Å². The first-order valence-corrected chi connectivity index (χ1v) is 5.97. The fourth-order valence-corrected chi connectivity index (χ4v) is 1.95. The zero-order valence-corrected chi connectivity index (χ0v) is 10.8. The number of likely N-dealkylation sites (tertiary alicyclic amines) is 1. The van der Waals surface area contributed by atoms with E-state index >= 15 is 0 Å². The maximum absolute atomic E-state index is 12.0. The lowest BCUT2D eigenvalue weighted by atomic mass is 10.2. The minimum Gasteiger partial charge on any atom is -0.342 e. The summed E-state index contributed by atoms with van der Waals surface area (Å²) in [6.45, 7) is 3.61. The molecule has 2 rings (SSSR count). The highest BCUT2D eigenvalue weighted by Crippen LogP contribution is 2.19. The van der Waals surface area contributed by atoms with Crippen molar-refractivity contribution in [2.75, 3.05) is 5.32 Å². The average Bonchev–Trinajstić information content (AvgIpc) is 2.57. The van der Waals surface area contributed by atoms with Crippen LogP contribution in [0.1, 0.15) is 20.3 Å². The van der Waals surface area contributed by atoms with Gasteiger partial charge in [0.25, 0.3) is 5.91 Å². The SMILES string of the molecule is CC(C)N1C(=O)C[C@@H](Nc2ncc(Cl)cn2)C1=O. The van der Waals surface area contributed by atoms with Gasteiger partial charge in [-0.15, -0.1) is 0 Å². The summed E-state index contributed by atoms with van der Waals surface area (Å²) in [5.41, 5.74) is 0. The number of amides is 2. The summed E-state index contributed by atoms with van der Waals surface area (Å²) in [4.78, 5) is 32.8. The standard InChI is InChI=1S/C11H13ClN4O2/c1-6(2)16-9(17)3-8(10(16)18)15-11-13-4-7(12)5-14-11/h4-6,8H,3H2,1-2H3,(H,13,14,15)/t8-/m1/s1. The van der Waals surface area contributed by atoms with Crippen LogP contribution in [0.25, 0.3) is 0 Å². The number of anilines is 1. The van der Waals surface area contributed by atoms with Crippen molar-refractivity contribution in [1.29, 1.82) is 0 Å². The number of nitrogens with zero attached hydrogens (tertiary/aromatic N) is 3. The molecule has 1 N–H and O–H groups in total. The van der Waals surface area contributed by atoms with E-state index < -0.39 is 6.04 Å². The van der Waals surface area contributed by atoms with E-state index in [4.69, 9.17) is 11.6 Å². The summed E-state index contributed by atoms with van der Waals surface area (Å²) in [7, 11) is 0. The van der Waals surface area contributed by atoms with Gasteiger partial charge >= 0.3 is 0 Å². The van der Waals surface area contributed by atoms with E-state index in [-0.39, 0.29) is 30.2 Å². The number of aromatic nitrogens is 2. The van der Waals surface area contributed by atoms with Gasteiger partial charge in [-0.3, -0.25) is 14.5 Å². The summed E-state index contributed by atoms with van der Waals surface area (Å²) in [5.74, 6) is -0.133. The van der Waals surface area contributed by atoms with Gasteiger partial charge in [-0.1, -0.05) is 11.6 Å². The fraction of sp³-hybridized carbons (Fsp3) is 0.455. The van der Waals surface area contributed by atoms with Gasteiger partial charge in [0.15, 0.2) is 0 Å². The van der Waals surface area contributed by atoms with Crippen molar-refractivity contribution in [3.05, 3.63) is 17.4 Å². The molecule has 0 saturated carbocycles. The van der Waals surface area contributed by atoms with Crippen molar-refractivity contribution in [1.82, 2.24) is 14.9 Å². The monoisotopic (exact) mass is 268 g/mol. The number of carbonyl (C=O) groups excluding carboxylic acids is 2. The van der Waals surface area contributed by atoms with Crippen LogP contribution in [0.5, 0.6) is 0 Å². The van der Waals surface area contributed by atoms with E-state index in [0.717, 1.165) is 0 Å². The minimum absolute atomic E-state index is 0.128. The van der Waals surface area contributed by atoms with Gasteiger partial charge in [0.2, 0.25) is 11.9 Å². The van der Waals surface area contributed by atoms with Crippen molar-refractivity contribution in [3.63, 3.8) is 0 Å². The first kappa shape index (κ1) is 12.8. The van der Waals surface area contributed by atoms with Crippen LogP contribution >= 0.6 is 11.6 Å². The molecule has 0 bridgehead atoms. The molecule has 1 aromatic heterocycles. The predicted molar refractivity (Wildman–Crippen MR) is 66.1 cm³/mol. The number of rotatable bonds is 3. The molecule has 6 nitrogen and oxygen atoms in total. The van der Waals surface area contributed by atoms with Crippen LogP contribution in [0.2, 0.25) is 5.02 Å². The predicted octanol–water partition coefficient (Wildman–Crippen LogP) is 1.08. The first-order chi connectivity index (χ1) is 8.49. The molecule has 1 aromatic rings. The Morgan fingerprint density at radius 1 is 1.39 bits per heavy atom. The van der Waals surface area contributed by atoms with Gasteiger partial charge in [-0.05, 0) is 13.8 Å². The Hall–Kier alpha value is -1.69. The van der Waals surface area contributed by atoms with Crippen molar-refractivity contribution < 1.29 is 9.59 Å². The lowest BCUT2D eigenvalue weighted by Gasteiger charge is -2.19. The largest absolute Gasteiger partial charge is 0.342 e. The molecule has 7 heteroatoms. The van der Waals surface area contributed by atoms with E-state index in [9.17, 15) is 9.59 Å². The normalized spacial score (nSPS) is 19.8. The Labute approximate surface area is 109 Å². The molecule has 0 spiro atoms. The topological polar surface area (TPSA) is 75.2 Å². The minimum atomic E-state index is -0.596. The Morgan fingerprint density at radius 3 is 2.50 bits per heavy atom. The van der Waals surface area contributed by atoms with E-state index in [1.807, 2.05) is 0 Å². The lowest BCUT2D eigenvalue weighted by Crippen LogP contribution is -2.39. The average molecular weight is 269 g/mol. The van der Waals surface area contributed by atoms with Crippen molar-refractivity contribution in [2.24, 2.45) is 0 Å². The number of halogens is 1. The number of carbonyl (C=O) groups is 2. The Bertz CT molecular complexity index is 474. The fourth-order valence-electron chi connectivity index (χ4n) is 1.85. The molecule has 18 heavy (non-hydrogen) atoms. The third-order valence-corrected chi connectivity index (χ3v) is 2.82. The lowest BCUT2D eigenvalue weighted by molar-refractivity contribution is -0.140. The Kier molecular flexibility index (Phi) is 3.47.